The minimum atomic E-state index is -1.50. The van der Waals surface area contributed by atoms with Gasteiger partial charge in [0, 0.05) is 11.0 Å². The zero-order valence-corrected chi connectivity index (χ0v) is 20.6. The first kappa shape index (κ1) is 26.7. The first-order chi connectivity index (χ1) is 16.7. The van der Waals surface area contributed by atoms with Gasteiger partial charge in [0.25, 0.3) is 0 Å². The van der Waals surface area contributed by atoms with Gasteiger partial charge in [0.1, 0.15) is 31.0 Å². The summed E-state index contributed by atoms with van der Waals surface area (Å²) in [5.74, 6) is 0.360. The molecule has 0 aromatic heterocycles. The molecule has 0 unspecified atom stereocenters. The zero-order valence-electron chi connectivity index (χ0n) is 20.6. The topological polar surface area (TPSA) is 146 Å². The van der Waals surface area contributed by atoms with Crippen molar-refractivity contribution >= 4 is 5.97 Å². The Bertz CT molecular complexity index is 839. The number of esters is 1. The fraction of sp³-hybridized carbons (Fsp3) is 0.808. The van der Waals surface area contributed by atoms with E-state index in [1.807, 2.05) is 6.08 Å². The largest absolute Gasteiger partial charge is 0.458 e. The Labute approximate surface area is 206 Å². The van der Waals surface area contributed by atoms with Crippen molar-refractivity contribution in [2.24, 2.45) is 22.7 Å². The van der Waals surface area contributed by atoms with E-state index >= 15 is 0 Å². The molecule has 9 nitrogen and oxygen atoms in total. The molecule has 0 aromatic rings. The van der Waals surface area contributed by atoms with E-state index in [1.54, 1.807) is 0 Å². The highest BCUT2D eigenvalue weighted by Crippen LogP contribution is 2.62. The fourth-order valence-electron chi connectivity index (χ4n) is 6.86. The quantitative estimate of drug-likeness (QED) is 0.243. The summed E-state index contributed by atoms with van der Waals surface area (Å²) in [5, 5.41) is 50.7. The summed E-state index contributed by atoms with van der Waals surface area (Å²) in [6.07, 6.45) is 2.27. The Balaban J connectivity index is 1.51. The number of aliphatic hydroxyl groups is 5. The third-order valence-corrected chi connectivity index (χ3v) is 9.37. The van der Waals surface area contributed by atoms with Crippen LogP contribution in [0.3, 0.4) is 0 Å². The number of carbonyl (C=O) groups excluding carboxylic acids is 1. The average Bonchev–Trinajstić information content (AvgIpc) is 3.28. The van der Waals surface area contributed by atoms with Crippen molar-refractivity contribution in [1.82, 2.24) is 0 Å². The van der Waals surface area contributed by atoms with E-state index < -0.39 is 42.7 Å². The molecule has 0 amide bonds. The predicted molar refractivity (Wildman–Crippen MR) is 125 cm³/mol. The third kappa shape index (κ3) is 4.72. The molecule has 35 heavy (non-hydrogen) atoms. The number of hydrogen-bond acceptors (Lipinski definition) is 9. The van der Waals surface area contributed by atoms with Crippen molar-refractivity contribution in [1.29, 1.82) is 0 Å². The standard InChI is InChI=1S/C26H40O9/c1-15-6-10-26(14-28)17(13-34-24-22(31)21(30)20(29)18(12-27)35-24)4-3-5-19(26)25(15,2)9-7-16-8-11-33-23(16)32/h4,8,15,18-22,24,27-31H,3,5-7,9-14H2,1-2H3/t15-,18-,19-,20-,21+,22-,24-,25+,26-/m1/s1. The van der Waals surface area contributed by atoms with Crippen molar-refractivity contribution in [3.8, 4) is 0 Å². The van der Waals surface area contributed by atoms with Crippen LogP contribution in [0.5, 0.6) is 0 Å². The molecule has 1 saturated heterocycles. The second-order valence-corrected chi connectivity index (χ2v) is 11.0. The van der Waals surface area contributed by atoms with Crippen LogP contribution in [0.4, 0.5) is 0 Å². The minimum absolute atomic E-state index is 0.0331. The number of aliphatic hydroxyl groups excluding tert-OH is 5. The van der Waals surface area contributed by atoms with Crippen LogP contribution >= 0.6 is 0 Å². The molecule has 2 fully saturated rings. The number of allylic oxidation sites excluding steroid dienone is 1. The van der Waals surface area contributed by atoms with E-state index in [2.05, 4.69) is 19.9 Å². The first-order valence-electron chi connectivity index (χ1n) is 12.8. The SMILES string of the molecule is C[C@@H]1CC[C@@]2(CO)C(CO[C@@H]3O[C@H](CO)[C@@H](O)[C@H](O)[C@H]3O)=CCC[C@@H]2[C@@]1(C)CCC1=CCOC1=O. The molecule has 4 rings (SSSR count). The highest BCUT2D eigenvalue weighted by molar-refractivity contribution is 5.90. The zero-order chi connectivity index (χ0) is 25.4. The number of carbonyl (C=O) groups is 1. The van der Waals surface area contributed by atoms with Crippen LogP contribution < -0.4 is 0 Å². The molecule has 0 bridgehead atoms. The van der Waals surface area contributed by atoms with Gasteiger partial charge >= 0.3 is 5.97 Å². The van der Waals surface area contributed by atoms with Gasteiger partial charge in [-0.1, -0.05) is 19.9 Å². The minimum Gasteiger partial charge on any atom is -0.458 e. The maximum absolute atomic E-state index is 12.0. The number of rotatable bonds is 8. The Morgan fingerprint density at radius 3 is 2.54 bits per heavy atom. The number of cyclic esters (lactones) is 1. The van der Waals surface area contributed by atoms with Crippen LogP contribution in [-0.4, -0.2) is 88.6 Å². The molecule has 2 heterocycles. The lowest BCUT2D eigenvalue weighted by molar-refractivity contribution is -0.300. The number of fused-ring (bicyclic) bond motifs is 1. The summed E-state index contributed by atoms with van der Waals surface area (Å²) in [5.41, 5.74) is 1.09. The van der Waals surface area contributed by atoms with Crippen LogP contribution in [-0.2, 0) is 19.0 Å². The molecule has 198 valence electrons. The van der Waals surface area contributed by atoms with Gasteiger partial charge in [0.05, 0.1) is 19.8 Å². The van der Waals surface area contributed by atoms with Crippen molar-refractivity contribution in [2.75, 3.05) is 26.4 Å². The molecular formula is C26H40O9. The second-order valence-electron chi connectivity index (χ2n) is 11.0. The van der Waals surface area contributed by atoms with Gasteiger partial charge in [-0.2, -0.15) is 0 Å². The van der Waals surface area contributed by atoms with E-state index in [1.165, 1.54) is 0 Å². The average molecular weight is 497 g/mol. The van der Waals surface area contributed by atoms with Gasteiger partial charge in [-0.15, -0.1) is 0 Å². The highest BCUT2D eigenvalue weighted by Gasteiger charge is 2.56. The van der Waals surface area contributed by atoms with Crippen LogP contribution in [0.1, 0.15) is 52.4 Å². The molecule has 5 N–H and O–H groups in total. The number of hydrogen-bond donors (Lipinski definition) is 5. The highest BCUT2D eigenvalue weighted by atomic mass is 16.7. The Hall–Kier alpha value is -1.33. The molecule has 4 aliphatic rings. The predicted octanol–water partition coefficient (Wildman–Crippen LogP) is 0.818. The van der Waals surface area contributed by atoms with Gasteiger partial charge in [-0.05, 0) is 67.4 Å². The molecule has 0 spiro atoms. The molecule has 9 heteroatoms. The maximum Gasteiger partial charge on any atom is 0.334 e. The van der Waals surface area contributed by atoms with E-state index in [0.717, 1.165) is 43.3 Å². The maximum atomic E-state index is 12.0. The molecular weight excluding hydrogens is 456 g/mol. The van der Waals surface area contributed by atoms with Crippen molar-refractivity contribution in [3.63, 3.8) is 0 Å². The number of ether oxygens (including phenoxy) is 3. The molecule has 9 atom stereocenters. The molecule has 1 saturated carbocycles. The molecule has 2 aliphatic carbocycles. The molecule has 0 aromatic carbocycles. The van der Waals surface area contributed by atoms with Gasteiger partial charge in [-0.3, -0.25) is 0 Å². The Kier molecular flexibility index (Phi) is 8.07. The lowest BCUT2D eigenvalue weighted by Crippen LogP contribution is -2.59. The van der Waals surface area contributed by atoms with Crippen molar-refractivity contribution < 1.29 is 44.5 Å². The van der Waals surface area contributed by atoms with Crippen LogP contribution in [0, 0.1) is 22.7 Å². The van der Waals surface area contributed by atoms with E-state index in [0.29, 0.717) is 18.9 Å². The van der Waals surface area contributed by atoms with E-state index in [4.69, 9.17) is 14.2 Å². The van der Waals surface area contributed by atoms with Gasteiger partial charge in [0.15, 0.2) is 6.29 Å². The Morgan fingerprint density at radius 1 is 1.11 bits per heavy atom. The lowest BCUT2D eigenvalue weighted by Gasteiger charge is -2.59. The monoisotopic (exact) mass is 496 g/mol. The van der Waals surface area contributed by atoms with Crippen LogP contribution in [0.15, 0.2) is 23.3 Å². The Morgan fingerprint density at radius 2 is 1.89 bits per heavy atom. The van der Waals surface area contributed by atoms with E-state index in [9.17, 15) is 30.3 Å². The summed E-state index contributed by atoms with van der Waals surface area (Å²) < 4.78 is 16.5. The second kappa shape index (κ2) is 10.6. The normalized spacial score (nSPS) is 43.9. The first-order valence-corrected chi connectivity index (χ1v) is 12.8. The lowest BCUT2D eigenvalue weighted by atomic mass is 9.46. The molecule has 0 radical (unpaired) electrons. The van der Waals surface area contributed by atoms with Gasteiger partial charge in [0.2, 0.25) is 0 Å². The van der Waals surface area contributed by atoms with Crippen molar-refractivity contribution in [3.05, 3.63) is 23.3 Å². The van der Waals surface area contributed by atoms with E-state index in [-0.39, 0.29) is 30.5 Å². The summed E-state index contributed by atoms with van der Waals surface area (Å²) in [4.78, 5) is 12.0. The van der Waals surface area contributed by atoms with Crippen LogP contribution in [0.2, 0.25) is 0 Å². The third-order valence-electron chi connectivity index (χ3n) is 9.37. The summed E-state index contributed by atoms with van der Waals surface area (Å²) in [7, 11) is 0. The summed E-state index contributed by atoms with van der Waals surface area (Å²) >= 11 is 0. The summed E-state index contributed by atoms with van der Waals surface area (Å²) in [6.45, 7) is 4.42. The van der Waals surface area contributed by atoms with Crippen molar-refractivity contribution in [2.45, 2.75) is 83.1 Å². The van der Waals surface area contributed by atoms with Gasteiger partial charge in [-0.25, -0.2) is 4.79 Å². The fourth-order valence-corrected chi connectivity index (χ4v) is 6.86. The van der Waals surface area contributed by atoms with Gasteiger partial charge < -0.3 is 39.7 Å². The smallest absolute Gasteiger partial charge is 0.334 e. The molecule has 2 aliphatic heterocycles. The summed E-state index contributed by atoms with van der Waals surface area (Å²) in [6, 6.07) is 0. The van der Waals surface area contributed by atoms with Crippen LogP contribution in [0.25, 0.3) is 0 Å².